The van der Waals surface area contributed by atoms with Crippen molar-refractivity contribution in [1.29, 1.82) is 0 Å². The van der Waals surface area contributed by atoms with Crippen LogP contribution in [0.4, 0.5) is 11.4 Å². The number of rotatable bonds is 10. The first-order valence-electron chi connectivity index (χ1n) is 12.2. The molecule has 0 heterocycles. The van der Waals surface area contributed by atoms with Crippen LogP contribution in [0.3, 0.4) is 0 Å². The highest BCUT2D eigenvalue weighted by Gasteiger charge is 2.05. The van der Waals surface area contributed by atoms with Gasteiger partial charge in [-0.15, -0.1) is 6.58 Å². The largest absolute Gasteiger partial charge is 0.492 e. The Morgan fingerprint density at radius 3 is 1.91 bits per heavy atom. The number of nitrogens with one attached hydrogen (secondary N) is 1. The van der Waals surface area contributed by atoms with Crippen LogP contribution in [0.25, 0.3) is 0 Å². The Morgan fingerprint density at radius 1 is 1.00 bits per heavy atom. The molecule has 7 nitrogen and oxygen atoms in total. The number of hydrogen-bond acceptors (Lipinski definition) is 5. The smallest absolute Gasteiger partial charge is 0.269 e. The lowest BCUT2D eigenvalue weighted by molar-refractivity contribution is -0.384. The van der Waals surface area contributed by atoms with E-state index >= 15 is 0 Å². The zero-order valence-electron chi connectivity index (χ0n) is 23.2. The summed E-state index contributed by atoms with van der Waals surface area (Å²) in [6.07, 6.45) is 4.26. The average molecular weight is 510 g/mol. The van der Waals surface area contributed by atoms with Crippen LogP contribution >= 0.6 is 0 Å². The van der Waals surface area contributed by atoms with Gasteiger partial charge in [-0.1, -0.05) is 59.8 Å². The first kappa shape index (κ1) is 36.9. The molecule has 0 fully saturated rings. The molecule has 0 saturated heterocycles. The van der Waals surface area contributed by atoms with Gasteiger partial charge >= 0.3 is 0 Å². The van der Waals surface area contributed by atoms with Gasteiger partial charge in [0.15, 0.2) is 0 Å². The molecule has 0 aliphatic heterocycles. The van der Waals surface area contributed by atoms with Crippen LogP contribution in [0.1, 0.15) is 54.0 Å². The highest BCUT2D eigenvalue weighted by Crippen LogP contribution is 2.17. The minimum Gasteiger partial charge on any atom is -0.492 e. The maximum atomic E-state index is 11.1. The average Bonchev–Trinajstić information content (AvgIpc) is 2.88. The number of hydrogen-bond donors (Lipinski definition) is 1. The molecule has 0 radical (unpaired) electrons. The predicted molar refractivity (Wildman–Crippen MR) is 154 cm³/mol. The van der Waals surface area contributed by atoms with Crippen LogP contribution in [-0.2, 0) is 17.4 Å². The number of anilines is 1. The Hall–Kier alpha value is -2.71. The maximum Gasteiger partial charge on any atom is 0.269 e. The third-order valence-electron chi connectivity index (χ3n) is 3.79. The number of non-ortho nitro benzene ring substituents is 1. The summed E-state index contributed by atoms with van der Waals surface area (Å²) in [6, 6.07) is 14.0. The molecule has 0 bridgehead atoms. The molecule has 2 aromatic rings. The quantitative estimate of drug-likeness (QED) is 0.209. The van der Waals surface area contributed by atoms with Crippen LogP contribution in [-0.4, -0.2) is 47.0 Å². The molecule has 0 aromatic heterocycles. The topological polar surface area (TPSA) is 84.7 Å². The molecule has 2 aromatic carbocycles. The Kier molecular flexibility index (Phi) is 27.3. The lowest BCUT2D eigenvalue weighted by Crippen LogP contribution is -2.26. The summed E-state index contributed by atoms with van der Waals surface area (Å²) < 4.78 is 19.6. The van der Waals surface area contributed by atoms with Gasteiger partial charge in [0.25, 0.3) is 5.69 Å². The molecule has 0 saturated carbocycles. The second-order valence-corrected chi connectivity index (χ2v) is 7.43. The van der Waals surface area contributed by atoms with E-state index in [0.717, 1.165) is 25.2 Å². The van der Waals surface area contributed by atoms with E-state index in [1.54, 1.807) is 24.5 Å². The third-order valence-corrected chi connectivity index (χ3v) is 4.31. The van der Waals surface area contributed by atoms with Gasteiger partial charge in [-0.2, -0.15) is 0 Å². The lowest BCUT2D eigenvalue weighted by Gasteiger charge is -2.17. The number of benzene rings is 2. The first-order valence-corrected chi connectivity index (χ1v) is 13.7. The Labute approximate surface area is 216 Å². The molecule has 1 atom stereocenters. The second-order valence-electron chi connectivity index (χ2n) is 6.31. The molecule has 200 valence electrons. The van der Waals surface area contributed by atoms with Crippen molar-refractivity contribution in [2.45, 2.75) is 54.9 Å². The van der Waals surface area contributed by atoms with Crippen molar-refractivity contribution in [3.63, 3.8) is 0 Å². The van der Waals surface area contributed by atoms with Gasteiger partial charge in [-0.05, 0) is 50.2 Å². The SMILES string of the molecule is C=CC.CC.CC.CC.CN(CCOc1ccc([N+](=O)[O-])cc1)CCc1ccc(NS(C)=O)cc1. The summed E-state index contributed by atoms with van der Waals surface area (Å²) in [5.41, 5.74) is 2.11. The fourth-order valence-corrected chi connectivity index (χ4v) is 2.79. The highest BCUT2D eigenvalue weighted by atomic mass is 32.2. The number of nitro benzene ring substituents is 1. The van der Waals surface area contributed by atoms with Gasteiger partial charge in [0.2, 0.25) is 0 Å². The monoisotopic (exact) mass is 509 g/mol. The molecular formula is C27H47N3O4S. The molecule has 35 heavy (non-hydrogen) atoms. The maximum absolute atomic E-state index is 11.1. The van der Waals surface area contributed by atoms with Crippen molar-refractivity contribution in [1.82, 2.24) is 4.90 Å². The Balaban J connectivity index is -0.00000101. The van der Waals surface area contributed by atoms with Gasteiger partial charge in [-0.3, -0.25) is 10.1 Å². The molecule has 2 rings (SSSR count). The third kappa shape index (κ3) is 20.4. The van der Waals surface area contributed by atoms with E-state index in [2.05, 4.69) is 16.2 Å². The molecule has 0 aliphatic carbocycles. The molecule has 0 amide bonds. The molecule has 1 unspecified atom stereocenters. The van der Waals surface area contributed by atoms with Crippen LogP contribution in [0, 0.1) is 10.1 Å². The summed E-state index contributed by atoms with van der Waals surface area (Å²) in [4.78, 5) is 12.3. The van der Waals surface area contributed by atoms with Gasteiger partial charge < -0.3 is 14.4 Å². The zero-order valence-corrected chi connectivity index (χ0v) is 24.0. The van der Waals surface area contributed by atoms with Crippen molar-refractivity contribution >= 4 is 22.4 Å². The number of ether oxygens (including phenoxy) is 1. The summed E-state index contributed by atoms with van der Waals surface area (Å²) >= 11 is 0. The lowest BCUT2D eigenvalue weighted by atomic mass is 10.1. The van der Waals surface area contributed by atoms with Crippen molar-refractivity contribution < 1.29 is 13.9 Å². The van der Waals surface area contributed by atoms with Crippen LogP contribution in [0.2, 0.25) is 0 Å². The van der Waals surface area contributed by atoms with Crippen molar-refractivity contribution in [2.75, 3.05) is 37.7 Å². The minimum atomic E-state index is -1.06. The number of allylic oxidation sites excluding steroid dienone is 1. The van der Waals surface area contributed by atoms with E-state index in [9.17, 15) is 14.3 Å². The molecule has 0 spiro atoms. The fraction of sp³-hybridized carbons (Fsp3) is 0.481. The van der Waals surface area contributed by atoms with Crippen LogP contribution < -0.4 is 9.46 Å². The number of nitro groups is 1. The predicted octanol–water partition coefficient (Wildman–Crippen LogP) is 7.12. The first-order chi connectivity index (χ1) is 16.8. The van der Waals surface area contributed by atoms with Gasteiger partial charge in [-0.25, -0.2) is 4.21 Å². The van der Waals surface area contributed by atoms with Crippen LogP contribution in [0.15, 0.2) is 61.2 Å². The van der Waals surface area contributed by atoms with Crippen molar-refractivity contribution in [2.24, 2.45) is 0 Å². The molecule has 8 heteroatoms. The van der Waals surface area contributed by atoms with E-state index in [0.29, 0.717) is 12.4 Å². The Bertz CT molecular complexity index is 782. The van der Waals surface area contributed by atoms with Gasteiger partial charge in [0, 0.05) is 37.2 Å². The summed E-state index contributed by atoms with van der Waals surface area (Å²) in [5, 5.41) is 10.6. The minimum absolute atomic E-state index is 0.0564. The van der Waals surface area contributed by atoms with Gasteiger partial charge in [0.1, 0.15) is 23.3 Å². The summed E-state index contributed by atoms with van der Waals surface area (Å²) in [6.45, 7) is 19.4. The Morgan fingerprint density at radius 2 is 1.49 bits per heavy atom. The standard InChI is InChI=1S/C18H23N3O4S.C3H6.3C2H6/c1-20(12-11-15-3-5-16(6-4-15)19-26(2)24)13-14-25-18-9-7-17(8-10-18)21(22)23;1-3-2;3*1-2/h3-10,19H,11-14H2,1-2H3;3H,1H2,2H3;3*1-2H3. The van der Waals surface area contributed by atoms with E-state index in [4.69, 9.17) is 4.74 Å². The van der Waals surface area contributed by atoms with Gasteiger partial charge in [0.05, 0.1) is 4.92 Å². The highest BCUT2D eigenvalue weighted by molar-refractivity contribution is 7.85. The number of likely N-dealkylation sites (N-methyl/N-ethyl adjacent to an activating group) is 1. The van der Waals surface area contributed by atoms with Crippen molar-refractivity contribution in [3.05, 3.63) is 76.9 Å². The van der Waals surface area contributed by atoms with E-state index in [1.165, 1.54) is 17.7 Å². The summed E-state index contributed by atoms with van der Waals surface area (Å²) in [5.74, 6) is 0.625. The molecular weight excluding hydrogens is 462 g/mol. The van der Waals surface area contributed by atoms with Crippen LogP contribution in [0.5, 0.6) is 5.75 Å². The van der Waals surface area contributed by atoms with Crippen molar-refractivity contribution in [3.8, 4) is 5.75 Å². The fourth-order valence-electron chi connectivity index (χ4n) is 2.32. The number of nitrogens with zero attached hydrogens (tertiary/aromatic N) is 2. The second kappa shape index (κ2) is 25.9. The molecule has 0 aliphatic rings. The van der Waals surface area contributed by atoms with E-state index < -0.39 is 15.9 Å². The normalized spacial score (nSPS) is 9.77. The van der Waals surface area contributed by atoms with E-state index in [1.807, 2.05) is 79.8 Å². The van der Waals surface area contributed by atoms with E-state index in [-0.39, 0.29) is 5.69 Å². The summed E-state index contributed by atoms with van der Waals surface area (Å²) in [7, 11) is 0.960. The zero-order chi connectivity index (χ0) is 27.6. The molecule has 1 N–H and O–H groups in total.